The number of Topliss-reactive ketones (excluding diaryl/α,β-unsaturated/α-hetero) is 1. The molecular weight excluding hydrogens is 557 g/mol. The summed E-state index contributed by atoms with van der Waals surface area (Å²) in [6, 6.07) is 10.5. The Bertz CT molecular complexity index is 1190. The van der Waals surface area contributed by atoms with Gasteiger partial charge in [0, 0.05) is 24.3 Å². The van der Waals surface area contributed by atoms with Gasteiger partial charge >= 0.3 is 5.97 Å². The van der Waals surface area contributed by atoms with Crippen LogP contribution in [0.4, 0.5) is 0 Å². The summed E-state index contributed by atoms with van der Waals surface area (Å²) in [5.41, 5.74) is 1.64. The Balaban J connectivity index is 1.84. The summed E-state index contributed by atoms with van der Waals surface area (Å²) in [6.45, 7) is 11.4. The molecule has 1 aromatic rings. The summed E-state index contributed by atoms with van der Waals surface area (Å²) in [4.78, 5) is 25.9. The zero-order chi connectivity index (χ0) is 30.6. The first-order valence-electron chi connectivity index (χ1n) is 15.6. The van der Waals surface area contributed by atoms with Crippen molar-refractivity contribution in [3.05, 3.63) is 70.7 Å². The first-order chi connectivity index (χ1) is 20.1. The number of aryl methyl sites for hydroxylation is 1. The molecule has 2 aliphatic carbocycles. The number of allylic oxidation sites excluding steroid dienone is 5. The van der Waals surface area contributed by atoms with Gasteiger partial charge in [0.25, 0.3) is 0 Å². The minimum absolute atomic E-state index is 0.0690. The molecule has 0 aliphatic heterocycles. The van der Waals surface area contributed by atoms with E-state index in [1.54, 1.807) is 17.8 Å². The minimum Gasteiger partial charge on any atom is -0.469 e. The number of methoxy groups -OCH3 is 1. The predicted octanol–water partition coefficient (Wildman–Crippen LogP) is 8.24. The van der Waals surface area contributed by atoms with E-state index in [1.165, 1.54) is 38.4 Å². The maximum atomic E-state index is 13.6. The van der Waals surface area contributed by atoms with Crippen molar-refractivity contribution < 1.29 is 18.8 Å². The molecule has 0 heterocycles. The Morgan fingerprint density at radius 2 is 1.83 bits per heavy atom. The Labute approximate surface area is 260 Å². The average Bonchev–Trinajstić information content (AvgIpc) is 3.59. The number of carbonyl (C=O) groups is 2. The lowest BCUT2D eigenvalue weighted by Gasteiger charge is -2.48. The molecular formula is C36H50O4SSi. The largest absolute Gasteiger partial charge is 0.469 e. The Kier molecular flexibility index (Phi) is 13.4. The van der Waals surface area contributed by atoms with E-state index in [2.05, 4.69) is 88.2 Å². The van der Waals surface area contributed by atoms with Crippen molar-refractivity contribution in [2.75, 3.05) is 12.9 Å². The molecule has 2 atom stereocenters. The number of hydrogen-bond acceptors (Lipinski definition) is 5. The molecule has 0 spiro atoms. The molecule has 1 aromatic carbocycles. The highest BCUT2D eigenvalue weighted by Gasteiger charge is 2.48. The van der Waals surface area contributed by atoms with Gasteiger partial charge in [-0.1, -0.05) is 94.0 Å². The van der Waals surface area contributed by atoms with Crippen molar-refractivity contribution in [2.24, 2.45) is 17.3 Å². The number of ether oxygens (including phenoxy) is 1. The van der Waals surface area contributed by atoms with E-state index in [4.69, 9.17) is 9.16 Å². The van der Waals surface area contributed by atoms with E-state index < -0.39 is 9.04 Å². The second-order valence-corrected chi connectivity index (χ2v) is 16.2. The quantitative estimate of drug-likeness (QED) is 0.0565. The van der Waals surface area contributed by atoms with Crippen molar-refractivity contribution in [1.29, 1.82) is 0 Å². The highest BCUT2D eigenvalue weighted by molar-refractivity contribution is 8.04. The molecule has 1 saturated carbocycles. The van der Waals surface area contributed by atoms with Crippen LogP contribution in [0.3, 0.4) is 0 Å². The number of carbonyl (C=O) groups excluding carboxylic acids is 2. The van der Waals surface area contributed by atoms with Crippen LogP contribution < -0.4 is 0 Å². The van der Waals surface area contributed by atoms with Crippen LogP contribution in [0.5, 0.6) is 0 Å². The van der Waals surface area contributed by atoms with Crippen LogP contribution in [-0.2, 0) is 25.2 Å². The van der Waals surface area contributed by atoms with Gasteiger partial charge in [0.2, 0.25) is 0 Å². The molecule has 0 saturated heterocycles. The number of benzene rings is 1. The number of thioether (sulfide) groups is 1. The fourth-order valence-electron chi connectivity index (χ4n) is 6.09. The third-order valence-electron chi connectivity index (χ3n) is 8.24. The van der Waals surface area contributed by atoms with Gasteiger partial charge in [-0.15, -0.1) is 11.8 Å². The predicted molar refractivity (Wildman–Crippen MR) is 179 cm³/mol. The van der Waals surface area contributed by atoms with Gasteiger partial charge < -0.3 is 9.16 Å². The topological polar surface area (TPSA) is 52.6 Å². The average molecular weight is 607 g/mol. The van der Waals surface area contributed by atoms with Gasteiger partial charge in [0.15, 0.2) is 14.8 Å². The van der Waals surface area contributed by atoms with E-state index in [0.29, 0.717) is 25.2 Å². The molecule has 1 fully saturated rings. The zero-order valence-corrected chi connectivity index (χ0v) is 28.5. The van der Waals surface area contributed by atoms with Gasteiger partial charge in [-0.25, -0.2) is 0 Å². The van der Waals surface area contributed by atoms with Gasteiger partial charge in [0.1, 0.15) is 0 Å². The monoisotopic (exact) mass is 606 g/mol. The fraction of sp³-hybridized carbons (Fsp3) is 0.556. The maximum Gasteiger partial charge on any atom is 0.305 e. The summed E-state index contributed by atoms with van der Waals surface area (Å²) in [6.07, 6.45) is 17.0. The van der Waals surface area contributed by atoms with Crippen LogP contribution in [0.2, 0.25) is 13.1 Å². The first-order valence-corrected chi connectivity index (χ1v) is 19.4. The van der Waals surface area contributed by atoms with Gasteiger partial charge in [0.05, 0.1) is 17.6 Å². The number of ketones is 1. The molecule has 6 heteroatoms. The van der Waals surface area contributed by atoms with Crippen LogP contribution in [0.1, 0.15) is 77.7 Å². The first kappa shape index (κ1) is 34.2. The van der Waals surface area contributed by atoms with E-state index in [9.17, 15) is 9.59 Å². The van der Waals surface area contributed by atoms with Crippen LogP contribution >= 0.6 is 11.8 Å². The number of esters is 1. The van der Waals surface area contributed by atoms with Gasteiger partial charge in [-0.3, -0.25) is 9.59 Å². The third kappa shape index (κ3) is 9.59. The molecule has 0 aromatic heterocycles. The normalized spacial score (nSPS) is 20.2. The van der Waals surface area contributed by atoms with E-state index in [-0.39, 0.29) is 28.7 Å². The van der Waals surface area contributed by atoms with Crippen molar-refractivity contribution >= 4 is 32.6 Å². The lowest BCUT2D eigenvalue weighted by molar-refractivity contribution is -0.140. The van der Waals surface area contributed by atoms with Gasteiger partial charge in [-0.05, 0) is 73.9 Å². The molecule has 4 nitrogen and oxygen atoms in total. The molecule has 3 rings (SSSR count). The molecule has 42 heavy (non-hydrogen) atoms. The second kappa shape index (κ2) is 16.5. The highest BCUT2D eigenvalue weighted by Crippen LogP contribution is 2.49. The standard InChI is InChI=1S/C36H50O4SSi/c1-35(2,3)36(40-42(5)6,30-20-14-15-21-30)25-24-29-27-32(41-26-16-19-28-17-10-9-11-18-28)34(38)31(29)22-12-7-8-13-23-33(37)39-4/h9-11,17-18,22,24-25,27,29-30,42H,8,13-16,19-21,23,26H2,1-6H3. The second-order valence-electron chi connectivity index (χ2n) is 12.7. The van der Waals surface area contributed by atoms with Crippen LogP contribution in [0.25, 0.3) is 0 Å². The Morgan fingerprint density at radius 3 is 2.48 bits per heavy atom. The Hall–Kier alpha value is -2.33. The minimum atomic E-state index is -1.35. The summed E-state index contributed by atoms with van der Waals surface area (Å²) >= 11 is 1.66. The molecule has 0 amide bonds. The lowest BCUT2D eigenvalue weighted by Crippen LogP contribution is -2.51. The van der Waals surface area contributed by atoms with Crippen LogP contribution in [-0.4, -0.2) is 39.3 Å². The lowest BCUT2D eigenvalue weighted by atomic mass is 9.67. The van der Waals surface area contributed by atoms with Crippen LogP contribution in [0.15, 0.2) is 65.1 Å². The molecule has 0 bridgehead atoms. The third-order valence-corrected chi connectivity index (χ3v) is 10.2. The fourth-order valence-corrected chi connectivity index (χ4v) is 8.49. The molecule has 0 radical (unpaired) electrons. The van der Waals surface area contributed by atoms with Crippen molar-refractivity contribution in [2.45, 2.75) is 97.3 Å². The number of hydrogen-bond donors (Lipinski definition) is 0. The smallest absolute Gasteiger partial charge is 0.305 e. The molecule has 2 unspecified atom stereocenters. The highest BCUT2D eigenvalue weighted by atomic mass is 32.2. The van der Waals surface area contributed by atoms with Crippen molar-refractivity contribution in [3.8, 4) is 11.8 Å². The Morgan fingerprint density at radius 1 is 1.12 bits per heavy atom. The maximum absolute atomic E-state index is 13.6. The van der Waals surface area contributed by atoms with Gasteiger partial charge in [-0.2, -0.15) is 0 Å². The summed E-state index contributed by atoms with van der Waals surface area (Å²) in [5, 5.41) is 0. The summed E-state index contributed by atoms with van der Waals surface area (Å²) < 4.78 is 11.7. The molecule has 228 valence electrons. The number of rotatable bonds is 13. The summed E-state index contributed by atoms with van der Waals surface area (Å²) in [7, 11) is 0.0503. The SMILES string of the molecule is COC(=O)CCCC#CC=C1C(=O)C(SCCCc2ccccc2)=CC1C=CC(O[SiH](C)C)(C1CCCC1)C(C)(C)C. The summed E-state index contributed by atoms with van der Waals surface area (Å²) in [5.74, 6) is 7.36. The number of unbranched alkanes of at least 4 members (excludes halogenated alkanes) is 1. The van der Waals surface area contributed by atoms with E-state index in [1.807, 2.05) is 6.07 Å². The molecule has 2 aliphatic rings. The van der Waals surface area contributed by atoms with Crippen LogP contribution in [0, 0.1) is 29.1 Å². The molecule has 0 N–H and O–H groups in total. The zero-order valence-electron chi connectivity index (χ0n) is 26.5. The van der Waals surface area contributed by atoms with Crippen molar-refractivity contribution in [1.82, 2.24) is 0 Å². The van der Waals surface area contributed by atoms with E-state index >= 15 is 0 Å². The van der Waals surface area contributed by atoms with E-state index in [0.717, 1.165) is 29.1 Å². The van der Waals surface area contributed by atoms with Crippen molar-refractivity contribution in [3.63, 3.8) is 0 Å².